The Bertz CT molecular complexity index is 560. The summed E-state index contributed by atoms with van der Waals surface area (Å²) >= 11 is 0. The van der Waals surface area contributed by atoms with Crippen LogP contribution in [0.5, 0.6) is 0 Å². The maximum absolute atomic E-state index is 12.6. The summed E-state index contributed by atoms with van der Waals surface area (Å²) in [5, 5.41) is 3.29. The molecule has 1 aliphatic carbocycles. The molecule has 2 heterocycles. The zero-order chi connectivity index (χ0) is 15.1. The maximum atomic E-state index is 12.6. The normalized spacial score (nSPS) is 29.2. The van der Waals surface area contributed by atoms with Crippen LogP contribution in [0.1, 0.15) is 19.3 Å². The summed E-state index contributed by atoms with van der Waals surface area (Å²) in [6, 6.07) is -0.0672. The topological polar surface area (TPSA) is 75.7 Å². The number of rotatable bonds is 4. The average molecular weight is 314 g/mol. The quantitative estimate of drug-likeness (QED) is 0.772. The summed E-state index contributed by atoms with van der Waals surface area (Å²) in [4.78, 5) is 14.3. The molecular weight excluding hydrogens is 292 g/mol. The minimum absolute atomic E-state index is 0.0424. The van der Waals surface area contributed by atoms with Gasteiger partial charge in [0, 0.05) is 31.5 Å². The first-order chi connectivity index (χ1) is 9.93. The minimum atomic E-state index is -3.11. The summed E-state index contributed by atoms with van der Waals surface area (Å²) in [6.07, 6.45) is 5.35. The molecule has 0 aromatic heterocycles. The van der Waals surface area contributed by atoms with Crippen molar-refractivity contribution in [2.24, 2.45) is 0 Å². The average Bonchev–Trinajstić information content (AvgIpc) is 3.23. The Balaban J connectivity index is 1.71. The highest BCUT2D eigenvalue weighted by molar-refractivity contribution is 7.92. The van der Waals surface area contributed by atoms with Crippen LogP contribution in [0.2, 0.25) is 0 Å². The van der Waals surface area contributed by atoms with Crippen molar-refractivity contribution in [3.63, 3.8) is 0 Å². The molecule has 3 rings (SSSR count). The van der Waals surface area contributed by atoms with E-state index in [0.29, 0.717) is 39.1 Å². The molecule has 1 unspecified atom stereocenters. The highest BCUT2D eigenvalue weighted by Crippen LogP contribution is 2.44. The molecule has 2 aliphatic heterocycles. The van der Waals surface area contributed by atoms with E-state index in [0.717, 1.165) is 18.5 Å². The van der Waals surface area contributed by atoms with Gasteiger partial charge < -0.3 is 15.0 Å². The SMILES string of the molecule is CS(=O)(=O)C1(CN2CCC=C(C3COCCN3)C2=O)CC1. The van der Waals surface area contributed by atoms with Gasteiger partial charge >= 0.3 is 0 Å². The number of carbonyl (C=O) groups excluding carboxylic acids is 1. The van der Waals surface area contributed by atoms with E-state index in [2.05, 4.69) is 5.32 Å². The first-order valence-electron chi connectivity index (χ1n) is 7.43. The summed E-state index contributed by atoms with van der Waals surface area (Å²) in [5.74, 6) is -0.0424. The van der Waals surface area contributed by atoms with Crippen molar-refractivity contribution in [1.29, 1.82) is 0 Å². The van der Waals surface area contributed by atoms with Gasteiger partial charge in [0.25, 0.3) is 5.91 Å². The Labute approximate surface area is 125 Å². The van der Waals surface area contributed by atoms with Crippen LogP contribution in [0, 0.1) is 0 Å². The monoisotopic (exact) mass is 314 g/mol. The van der Waals surface area contributed by atoms with E-state index in [9.17, 15) is 13.2 Å². The molecule has 1 N–H and O–H groups in total. The van der Waals surface area contributed by atoms with E-state index >= 15 is 0 Å². The number of sulfone groups is 1. The zero-order valence-electron chi connectivity index (χ0n) is 12.3. The number of hydrogen-bond donors (Lipinski definition) is 1. The number of carbonyl (C=O) groups is 1. The molecule has 0 aromatic rings. The Morgan fingerprint density at radius 3 is 2.81 bits per heavy atom. The molecule has 0 bridgehead atoms. The summed E-state index contributed by atoms with van der Waals surface area (Å²) in [6.45, 7) is 2.84. The van der Waals surface area contributed by atoms with Gasteiger partial charge in [-0.3, -0.25) is 4.79 Å². The van der Waals surface area contributed by atoms with Crippen LogP contribution in [0.3, 0.4) is 0 Å². The summed E-state index contributed by atoms with van der Waals surface area (Å²) < 4.78 is 28.5. The molecule has 1 saturated carbocycles. The second-order valence-electron chi connectivity index (χ2n) is 6.21. The molecule has 0 spiro atoms. The molecular formula is C14H22N2O4S. The highest BCUT2D eigenvalue weighted by atomic mass is 32.2. The molecule has 0 radical (unpaired) electrons. The third-order valence-corrected chi connectivity index (χ3v) is 6.78. The standard InChI is InChI=1S/C14H22N2O4S/c1-21(18,19)14(4-5-14)10-16-7-2-3-11(13(16)17)12-9-20-8-6-15-12/h3,12,15H,2,4-10H2,1H3. The van der Waals surface area contributed by atoms with Crippen LogP contribution in [-0.2, 0) is 19.4 Å². The van der Waals surface area contributed by atoms with Crippen LogP contribution < -0.4 is 5.32 Å². The molecule has 6 nitrogen and oxygen atoms in total. The molecule has 2 fully saturated rings. The van der Waals surface area contributed by atoms with Gasteiger partial charge in [-0.25, -0.2) is 8.42 Å². The lowest BCUT2D eigenvalue weighted by Crippen LogP contribution is -2.50. The van der Waals surface area contributed by atoms with Crippen LogP contribution in [-0.4, -0.2) is 69.1 Å². The Hall–Kier alpha value is -0.920. The van der Waals surface area contributed by atoms with Gasteiger partial charge in [0.2, 0.25) is 0 Å². The Kier molecular flexibility index (Phi) is 3.83. The highest BCUT2D eigenvalue weighted by Gasteiger charge is 2.53. The van der Waals surface area contributed by atoms with Crippen molar-refractivity contribution in [2.45, 2.75) is 30.1 Å². The largest absolute Gasteiger partial charge is 0.378 e. The minimum Gasteiger partial charge on any atom is -0.378 e. The van der Waals surface area contributed by atoms with Crippen molar-refractivity contribution >= 4 is 15.7 Å². The summed E-state index contributed by atoms with van der Waals surface area (Å²) in [7, 11) is -3.11. The fourth-order valence-electron chi connectivity index (χ4n) is 3.09. The van der Waals surface area contributed by atoms with E-state index in [4.69, 9.17) is 4.74 Å². The first-order valence-corrected chi connectivity index (χ1v) is 9.32. The van der Waals surface area contributed by atoms with Gasteiger partial charge in [0.05, 0.1) is 24.0 Å². The van der Waals surface area contributed by atoms with E-state index in [-0.39, 0.29) is 11.9 Å². The third-order valence-electron chi connectivity index (χ3n) is 4.67. The van der Waals surface area contributed by atoms with Crippen molar-refractivity contribution in [3.05, 3.63) is 11.6 Å². The van der Waals surface area contributed by atoms with Crippen LogP contribution in [0.4, 0.5) is 0 Å². The molecule has 1 saturated heterocycles. The number of morpholine rings is 1. The third kappa shape index (κ3) is 2.86. The summed E-state index contributed by atoms with van der Waals surface area (Å²) in [5.41, 5.74) is 0.727. The first kappa shape index (κ1) is 15.0. The molecule has 3 aliphatic rings. The number of ether oxygens (including phenoxy) is 1. The molecule has 7 heteroatoms. The lowest BCUT2D eigenvalue weighted by Gasteiger charge is -2.34. The van der Waals surface area contributed by atoms with E-state index in [1.165, 1.54) is 6.26 Å². The number of nitrogens with one attached hydrogen (secondary N) is 1. The fourth-order valence-corrected chi connectivity index (χ4v) is 4.32. The van der Waals surface area contributed by atoms with Gasteiger partial charge in [-0.05, 0) is 19.3 Å². The van der Waals surface area contributed by atoms with E-state index in [1.54, 1.807) is 4.90 Å². The van der Waals surface area contributed by atoms with Gasteiger partial charge in [0.15, 0.2) is 9.84 Å². The van der Waals surface area contributed by atoms with Crippen molar-refractivity contribution < 1.29 is 17.9 Å². The van der Waals surface area contributed by atoms with Gasteiger partial charge in [0.1, 0.15) is 0 Å². The Morgan fingerprint density at radius 2 is 2.24 bits per heavy atom. The second-order valence-corrected chi connectivity index (χ2v) is 8.62. The number of amides is 1. The lowest BCUT2D eigenvalue weighted by atomic mass is 10.0. The van der Waals surface area contributed by atoms with E-state index < -0.39 is 14.6 Å². The predicted octanol–water partition coefficient (Wildman–Crippen LogP) is -0.289. The van der Waals surface area contributed by atoms with Crippen LogP contribution >= 0.6 is 0 Å². The van der Waals surface area contributed by atoms with Gasteiger partial charge in [-0.15, -0.1) is 0 Å². The van der Waals surface area contributed by atoms with E-state index in [1.807, 2.05) is 6.08 Å². The molecule has 21 heavy (non-hydrogen) atoms. The smallest absolute Gasteiger partial charge is 0.251 e. The predicted molar refractivity (Wildman–Crippen MR) is 78.7 cm³/mol. The molecule has 0 aromatic carbocycles. The van der Waals surface area contributed by atoms with Crippen LogP contribution in [0.25, 0.3) is 0 Å². The molecule has 118 valence electrons. The fraction of sp³-hybridized carbons (Fsp3) is 0.786. The number of hydrogen-bond acceptors (Lipinski definition) is 5. The van der Waals surface area contributed by atoms with Crippen molar-refractivity contribution in [1.82, 2.24) is 10.2 Å². The van der Waals surface area contributed by atoms with Crippen LogP contribution in [0.15, 0.2) is 11.6 Å². The number of nitrogens with zero attached hydrogens (tertiary/aromatic N) is 1. The van der Waals surface area contributed by atoms with Crippen molar-refractivity contribution in [2.75, 3.05) is 39.1 Å². The second kappa shape index (κ2) is 5.37. The maximum Gasteiger partial charge on any atom is 0.251 e. The Morgan fingerprint density at radius 1 is 1.48 bits per heavy atom. The van der Waals surface area contributed by atoms with Gasteiger partial charge in [-0.1, -0.05) is 6.08 Å². The lowest BCUT2D eigenvalue weighted by molar-refractivity contribution is -0.128. The van der Waals surface area contributed by atoms with Gasteiger partial charge in [-0.2, -0.15) is 0 Å². The van der Waals surface area contributed by atoms with Crippen molar-refractivity contribution in [3.8, 4) is 0 Å². The molecule has 1 atom stereocenters. The zero-order valence-corrected chi connectivity index (χ0v) is 13.1. The molecule has 1 amide bonds.